The number of nitrogens with two attached hydrogens (primary N) is 1. The van der Waals surface area contributed by atoms with E-state index in [1.54, 1.807) is 7.05 Å². The second-order valence-electron chi connectivity index (χ2n) is 7.24. The van der Waals surface area contributed by atoms with Crippen molar-refractivity contribution < 1.29 is 10.1 Å². The molecule has 0 bridgehead atoms. The van der Waals surface area contributed by atoms with Gasteiger partial charge in [-0.1, -0.05) is 58.9 Å². The molecular formula is C18H31N2O+. The molecule has 0 aliphatic heterocycles. The molecule has 1 amide bonds. The van der Waals surface area contributed by atoms with Crippen LogP contribution in [-0.2, 0) is 10.2 Å². The number of rotatable bonds is 5. The van der Waals surface area contributed by atoms with E-state index in [4.69, 9.17) is 0 Å². The van der Waals surface area contributed by atoms with Crippen LogP contribution < -0.4 is 10.6 Å². The number of hydrogen-bond donors (Lipinski definition) is 2. The molecule has 21 heavy (non-hydrogen) atoms. The van der Waals surface area contributed by atoms with E-state index >= 15 is 0 Å². The van der Waals surface area contributed by atoms with Crippen molar-refractivity contribution in [2.24, 2.45) is 5.92 Å². The largest absolute Gasteiger partial charge is 0.354 e. The summed E-state index contributed by atoms with van der Waals surface area (Å²) in [7, 11) is 1.69. The zero-order valence-electron chi connectivity index (χ0n) is 14.5. The third-order valence-corrected chi connectivity index (χ3v) is 4.04. The van der Waals surface area contributed by atoms with Crippen LogP contribution in [0.1, 0.15) is 58.7 Å². The molecule has 1 rings (SSSR count). The maximum atomic E-state index is 11.7. The van der Waals surface area contributed by atoms with Crippen LogP contribution in [0.5, 0.6) is 0 Å². The molecule has 1 aromatic carbocycles. The highest BCUT2D eigenvalue weighted by Gasteiger charge is 2.25. The Bertz CT molecular complexity index is 457. The minimum atomic E-state index is -0.0790. The topological polar surface area (TPSA) is 45.7 Å². The van der Waals surface area contributed by atoms with Gasteiger partial charge in [-0.05, 0) is 17.9 Å². The Morgan fingerprint density at radius 2 is 1.62 bits per heavy atom. The third-order valence-electron chi connectivity index (χ3n) is 4.04. The first kappa shape index (κ1) is 17.7. The van der Waals surface area contributed by atoms with Crippen molar-refractivity contribution in [2.75, 3.05) is 7.05 Å². The quantitative estimate of drug-likeness (QED) is 0.859. The summed E-state index contributed by atoms with van der Waals surface area (Å²) in [6.45, 7) is 13.0. The van der Waals surface area contributed by atoms with Gasteiger partial charge in [-0.25, -0.2) is 0 Å². The van der Waals surface area contributed by atoms with Gasteiger partial charge < -0.3 is 10.6 Å². The summed E-state index contributed by atoms with van der Waals surface area (Å²) in [6, 6.07) is 9.05. The fraction of sp³-hybridized carbons (Fsp3) is 0.611. The van der Waals surface area contributed by atoms with Gasteiger partial charge in [0.2, 0.25) is 0 Å². The van der Waals surface area contributed by atoms with E-state index in [0.29, 0.717) is 12.0 Å². The summed E-state index contributed by atoms with van der Waals surface area (Å²) in [4.78, 5) is 11.7. The Hall–Kier alpha value is -1.35. The van der Waals surface area contributed by atoms with Gasteiger partial charge in [0.05, 0.1) is 0 Å². The van der Waals surface area contributed by atoms with Crippen LogP contribution in [0.3, 0.4) is 0 Å². The molecule has 0 fully saturated rings. The first-order valence-corrected chi connectivity index (χ1v) is 7.83. The maximum absolute atomic E-state index is 11.7. The molecule has 0 aliphatic carbocycles. The van der Waals surface area contributed by atoms with Gasteiger partial charge in [0.1, 0.15) is 6.04 Å². The van der Waals surface area contributed by atoms with E-state index in [1.165, 1.54) is 11.1 Å². The fourth-order valence-electron chi connectivity index (χ4n) is 2.55. The molecule has 0 aromatic heterocycles. The SMILES string of the molecule is CNC(=O)[C@H](C)[NH2+][C@H](c1ccc(C(C)(C)C)cc1)C(C)C. The van der Waals surface area contributed by atoms with Crippen molar-refractivity contribution in [3.05, 3.63) is 35.4 Å². The van der Waals surface area contributed by atoms with Gasteiger partial charge in [0.15, 0.2) is 6.04 Å². The lowest BCUT2D eigenvalue weighted by Crippen LogP contribution is -2.93. The van der Waals surface area contributed by atoms with Crippen LogP contribution in [0.4, 0.5) is 0 Å². The van der Waals surface area contributed by atoms with E-state index in [1.807, 2.05) is 6.92 Å². The maximum Gasteiger partial charge on any atom is 0.277 e. The molecule has 0 unspecified atom stereocenters. The lowest BCUT2D eigenvalue weighted by molar-refractivity contribution is -0.719. The highest BCUT2D eigenvalue weighted by molar-refractivity contribution is 5.79. The molecule has 0 saturated heterocycles. The van der Waals surface area contributed by atoms with Gasteiger partial charge in [-0.3, -0.25) is 4.79 Å². The van der Waals surface area contributed by atoms with Crippen LogP contribution in [-0.4, -0.2) is 19.0 Å². The van der Waals surface area contributed by atoms with Gasteiger partial charge >= 0.3 is 0 Å². The average Bonchev–Trinajstić information content (AvgIpc) is 2.42. The molecule has 0 spiro atoms. The Morgan fingerprint density at radius 1 is 1.10 bits per heavy atom. The van der Waals surface area contributed by atoms with E-state index in [-0.39, 0.29) is 17.4 Å². The third kappa shape index (κ3) is 4.85. The molecule has 0 radical (unpaired) electrons. The Kier molecular flexibility index (Phi) is 5.97. The molecule has 0 saturated carbocycles. The smallest absolute Gasteiger partial charge is 0.277 e. The zero-order chi connectivity index (χ0) is 16.2. The second-order valence-corrected chi connectivity index (χ2v) is 7.24. The summed E-state index contributed by atoms with van der Waals surface area (Å²) in [5.74, 6) is 0.546. The van der Waals surface area contributed by atoms with Crippen molar-refractivity contribution in [1.29, 1.82) is 0 Å². The summed E-state index contributed by atoms with van der Waals surface area (Å²) in [6.07, 6.45) is 0. The average molecular weight is 291 g/mol. The normalized spacial score (nSPS) is 14.9. The molecular weight excluding hydrogens is 260 g/mol. The van der Waals surface area contributed by atoms with Gasteiger partial charge in [0.25, 0.3) is 5.91 Å². The second kappa shape index (κ2) is 7.08. The lowest BCUT2D eigenvalue weighted by atomic mass is 9.85. The van der Waals surface area contributed by atoms with Crippen molar-refractivity contribution >= 4 is 5.91 Å². The number of hydrogen-bond acceptors (Lipinski definition) is 1. The van der Waals surface area contributed by atoms with Crippen molar-refractivity contribution in [3.63, 3.8) is 0 Å². The van der Waals surface area contributed by atoms with Gasteiger partial charge in [0, 0.05) is 18.5 Å². The summed E-state index contributed by atoms with van der Waals surface area (Å²) in [5, 5.41) is 4.88. The van der Waals surface area contributed by atoms with Crippen LogP contribution in [0.25, 0.3) is 0 Å². The molecule has 0 aliphatic rings. The molecule has 3 heteroatoms. The molecule has 3 nitrogen and oxygen atoms in total. The number of benzene rings is 1. The Balaban J connectivity index is 2.94. The van der Waals surface area contributed by atoms with Crippen molar-refractivity contribution in [1.82, 2.24) is 5.32 Å². The van der Waals surface area contributed by atoms with Gasteiger partial charge in [-0.2, -0.15) is 0 Å². The number of carbonyl (C=O) groups excluding carboxylic acids is 1. The standard InChI is InChI=1S/C18H30N2O/c1-12(2)16(20-13(3)17(21)19-7)14-8-10-15(11-9-14)18(4,5)6/h8-13,16,20H,1-7H3,(H,19,21)/p+1/t13-,16-/m0/s1. The molecule has 2 atom stereocenters. The van der Waals surface area contributed by atoms with Crippen LogP contribution >= 0.6 is 0 Å². The lowest BCUT2D eigenvalue weighted by Gasteiger charge is -2.24. The molecule has 1 aromatic rings. The summed E-state index contributed by atoms with van der Waals surface area (Å²) >= 11 is 0. The van der Waals surface area contributed by atoms with Crippen molar-refractivity contribution in [3.8, 4) is 0 Å². The first-order chi connectivity index (χ1) is 9.66. The van der Waals surface area contributed by atoms with E-state index in [2.05, 4.69) is 69.5 Å². The number of nitrogens with one attached hydrogen (secondary N) is 1. The summed E-state index contributed by atoms with van der Waals surface area (Å²) in [5.41, 5.74) is 2.80. The Labute approximate surface area is 129 Å². The first-order valence-electron chi connectivity index (χ1n) is 7.83. The number of likely N-dealkylation sites (N-methyl/N-ethyl adjacent to an activating group) is 1. The number of carbonyl (C=O) groups is 1. The molecule has 118 valence electrons. The fourth-order valence-corrected chi connectivity index (χ4v) is 2.55. The van der Waals surface area contributed by atoms with Crippen LogP contribution in [0, 0.1) is 5.92 Å². The predicted octanol–water partition coefficient (Wildman–Crippen LogP) is 2.38. The minimum Gasteiger partial charge on any atom is -0.354 e. The van der Waals surface area contributed by atoms with Crippen LogP contribution in [0.15, 0.2) is 24.3 Å². The van der Waals surface area contributed by atoms with E-state index < -0.39 is 0 Å². The molecule has 3 N–H and O–H groups in total. The van der Waals surface area contributed by atoms with Crippen molar-refractivity contribution in [2.45, 2.75) is 59.0 Å². The zero-order valence-corrected chi connectivity index (χ0v) is 14.5. The van der Waals surface area contributed by atoms with Crippen LogP contribution in [0.2, 0.25) is 0 Å². The number of quaternary nitrogens is 1. The molecule has 0 heterocycles. The summed E-state index contributed by atoms with van der Waals surface area (Å²) < 4.78 is 0. The van der Waals surface area contributed by atoms with E-state index in [9.17, 15) is 4.79 Å². The predicted molar refractivity (Wildman–Crippen MR) is 88.2 cm³/mol. The highest BCUT2D eigenvalue weighted by Crippen LogP contribution is 2.25. The van der Waals surface area contributed by atoms with E-state index in [0.717, 1.165) is 0 Å². The monoisotopic (exact) mass is 291 g/mol. The van der Waals surface area contributed by atoms with Gasteiger partial charge in [-0.15, -0.1) is 0 Å². The Morgan fingerprint density at radius 3 is 2.00 bits per heavy atom. The minimum absolute atomic E-state index is 0.0759. The highest BCUT2D eigenvalue weighted by atomic mass is 16.2. The number of amides is 1.